The first kappa shape index (κ1) is 26.3. The Labute approximate surface area is 218 Å². The maximum absolute atomic E-state index is 13.0. The van der Waals surface area contributed by atoms with Crippen molar-refractivity contribution in [2.24, 2.45) is 0 Å². The fraction of sp³-hybridized carbons (Fsp3) is 0.464. The second-order valence-electron chi connectivity index (χ2n) is 9.96. The van der Waals surface area contributed by atoms with E-state index in [1.165, 1.54) is 5.56 Å². The predicted molar refractivity (Wildman–Crippen MR) is 137 cm³/mol. The first-order valence-corrected chi connectivity index (χ1v) is 12.4. The van der Waals surface area contributed by atoms with Crippen LogP contribution in [-0.2, 0) is 34.0 Å². The van der Waals surface area contributed by atoms with Gasteiger partial charge in [0.15, 0.2) is 5.78 Å². The van der Waals surface area contributed by atoms with Crippen LogP contribution in [0.1, 0.15) is 60.2 Å². The molecule has 0 bridgehead atoms. The van der Waals surface area contributed by atoms with Gasteiger partial charge < -0.3 is 14.4 Å². The molecule has 8 heteroatoms. The van der Waals surface area contributed by atoms with E-state index in [-0.39, 0.29) is 36.3 Å². The van der Waals surface area contributed by atoms with E-state index >= 15 is 0 Å². The molecule has 2 unspecified atom stereocenters. The lowest BCUT2D eigenvalue weighted by molar-refractivity contribution is -0.133. The Morgan fingerprint density at radius 1 is 0.972 bits per heavy atom. The van der Waals surface area contributed by atoms with Gasteiger partial charge in [-0.1, -0.05) is 30.3 Å². The molecule has 2 aromatic carbocycles. The Bertz CT molecular complexity index is 1130. The highest BCUT2D eigenvalue weighted by Crippen LogP contribution is 2.34. The first-order valence-electron chi connectivity index (χ1n) is 12.4. The Kier molecular flexibility index (Phi) is 8.13. The second kappa shape index (κ2) is 11.1. The molecule has 1 saturated carbocycles. The van der Waals surface area contributed by atoms with Gasteiger partial charge in [0.1, 0.15) is 18.1 Å². The molecule has 2 aliphatic heterocycles. The van der Waals surface area contributed by atoms with Crippen LogP contribution >= 0.6 is 12.4 Å². The van der Waals surface area contributed by atoms with Crippen molar-refractivity contribution in [1.82, 2.24) is 9.80 Å². The molecule has 0 spiro atoms. The lowest BCUT2D eigenvalue weighted by Crippen LogP contribution is -2.48. The van der Waals surface area contributed by atoms with Crippen LogP contribution in [-0.4, -0.2) is 58.6 Å². The zero-order chi connectivity index (χ0) is 24.5. The van der Waals surface area contributed by atoms with E-state index < -0.39 is 6.04 Å². The summed E-state index contributed by atoms with van der Waals surface area (Å²) in [7, 11) is 0. The molecule has 2 aromatic rings. The van der Waals surface area contributed by atoms with Crippen molar-refractivity contribution in [3.05, 3.63) is 64.7 Å². The molecule has 3 aliphatic rings. The fourth-order valence-corrected chi connectivity index (χ4v) is 5.36. The van der Waals surface area contributed by atoms with Gasteiger partial charge in [0, 0.05) is 36.2 Å². The third-order valence-corrected chi connectivity index (χ3v) is 7.40. The summed E-state index contributed by atoms with van der Waals surface area (Å²) in [6.45, 7) is 7.56. The van der Waals surface area contributed by atoms with Gasteiger partial charge >= 0.3 is 0 Å². The number of hydrogen-bond acceptors (Lipinski definition) is 6. The van der Waals surface area contributed by atoms with E-state index in [1.807, 2.05) is 12.1 Å². The fourth-order valence-electron chi connectivity index (χ4n) is 5.36. The number of ketones is 2. The number of Topliss-reactive ketones (excluding diaryl/α,β-unsaturated/α-hetero) is 2. The number of morpholine rings is 1. The third-order valence-electron chi connectivity index (χ3n) is 7.40. The summed E-state index contributed by atoms with van der Waals surface area (Å²) in [4.78, 5) is 41.1. The molecular formula is C28H33ClN2O5. The van der Waals surface area contributed by atoms with Gasteiger partial charge in [-0.2, -0.15) is 0 Å². The molecule has 1 aliphatic carbocycles. The zero-order valence-electron chi connectivity index (χ0n) is 20.8. The largest absolute Gasteiger partial charge is 0.489 e. The van der Waals surface area contributed by atoms with E-state index in [0.717, 1.165) is 30.9 Å². The number of ether oxygens (including phenoxy) is 2. The van der Waals surface area contributed by atoms with Crippen LogP contribution in [0, 0.1) is 0 Å². The maximum atomic E-state index is 13.0. The maximum Gasteiger partial charge on any atom is 0.255 e. The molecule has 0 radical (unpaired) electrons. The number of nitrogens with zero attached hydrogens (tertiary/aromatic N) is 2. The summed E-state index contributed by atoms with van der Waals surface area (Å²) < 4.78 is 11.8. The monoisotopic (exact) mass is 512 g/mol. The summed E-state index contributed by atoms with van der Waals surface area (Å²) in [5.74, 6) is 0.303. The highest BCUT2D eigenvalue weighted by molar-refractivity contribution is 6.07. The van der Waals surface area contributed by atoms with Gasteiger partial charge in [0.25, 0.3) is 5.91 Å². The van der Waals surface area contributed by atoms with Crippen LogP contribution in [0.15, 0.2) is 42.5 Å². The molecule has 1 amide bonds. The Morgan fingerprint density at radius 2 is 1.67 bits per heavy atom. The van der Waals surface area contributed by atoms with Crippen molar-refractivity contribution in [3.63, 3.8) is 0 Å². The van der Waals surface area contributed by atoms with Crippen LogP contribution in [0.4, 0.5) is 0 Å². The molecular weight excluding hydrogens is 480 g/mol. The number of halogens is 1. The van der Waals surface area contributed by atoms with Gasteiger partial charge in [-0.3, -0.25) is 19.3 Å². The standard InChI is InChI=1S/C28H32N2O5.ClH/c1-18-15-34-16-19(2)29(18)13-20-6-8-21(9-7-20)17-35-27-5-3-4-23-24(27)14-30(28(23)33)25-11-10-22(31)12-26(25)32;/h3-9,18-19,25H,10-17H2,1-2H3;1H/t18-,19?,25?;/m0./s1. The molecule has 7 nitrogen and oxygen atoms in total. The predicted octanol–water partition coefficient (Wildman–Crippen LogP) is 3.94. The number of fused-ring (bicyclic) bond motifs is 1. The van der Waals surface area contributed by atoms with Crippen LogP contribution in [0.5, 0.6) is 5.75 Å². The van der Waals surface area contributed by atoms with E-state index in [0.29, 0.717) is 49.4 Å². The minimum atomic E-state index is -0.523. The molecule has 36 heavy (non-hydrogen) atoms. The normalized spacial score (nSPS) is 24.4. The van der Waals surface area contributed by atoms with Crippen molar-refractivity contribution < 1.29 is 23.9 Å². The molecule has 3 atom stereocenters. The van der Waals surface area contributed by atoms with Crippen molar-refractivity contribution in [3.8, 4) is 5.75 Å². The number of hydrogen-bond donors (Lipinski definition) is 0. The van der Waals surface area contributed by atoms with Crippen molar-refractivity contribution in [1.29, 1.82) is 0 Å². The molecule has 1 saturated heterocycles. The average molecular weight is 513 g/mol. The Hall–Kier alpha value is -2.74. The summed E-state index contributed by atoms with van der Waals surface area (Å²) in [5.41, 5.74) is 3.70. The lowest BCUT2D eigenvalue weighted by atomic mass is 9.92. The molecule has 5 rings (SSSR count). The minimum absolute atomic E-state index is 0. The number of carbonyl (C=O) groups is 3. The van der Waals surface area contributed by atoms with Gasteiger partial charge in [0.05, 0.1) is 32.2 Å². The number of benzene rings is 2. The second-order valence-corrected chi connectivity index (χ2v) is 9.96. The summed E-state index contributed by atoms with van der Waals surface area (Å²) in [5, 5.41) is 0. The van der Waals surface area contributed by atoms with Gasteiger partial charge in [-0.25, -0.2) is 0 Å². The highest BCUT2D eigenvalue weighted by Gasteiger charge is 2.40. The number of amides is 1. The zero-order valence-corrected chi connectivity index (χ0v) is 21.6. The van der Waals surface area contributed by atoms with Crippen LogP contribution in [0.2, 0.25) is 0 Å². The average Bonchev–Trinajstić information content (AvgIpc) is 3.18. The highest BCUT2D eigenvalue weighted by atomic mass is 35.5. The summed E-state index contributed by atoms with van der Waals surface area (Å²) in [6, 6.07) is 14.2. The van der Waals surface area contributed by atoms with Gasteiger partial charge in [-0.15, -0.1) is 12.4 Å². The molecule has 0 N–H and O–H groups in total. The quantitative estimate of drug-likeness (QED) is 0.546. The summed E-state index contributed by atoms with van der Waals surface area (Å²) in [6.07, 6.45) is 0.675. The van der Waals surface area contributed by atoms with Crippen LogP contribution in [0.25, 0.3) is 0 Å². The Balaban J connectivity index is 0.00000304. The third kappa shape index (κ3) is 5.33. The SMILES string of the molecule is CC1COC[C@H](C)N1Cc1ccc(COc2cccc3c2CN(C2CCC(=O)CC2=O)C3=O)cc1.Cl. The first-order chi connectivity index (χ1) is 16.9. The molecule has 192 valence electrons. The van der Waals surface area contributed by atoms with Crippen LogP contribution in [0.3, 0.4) is 0 Å². The van der Waals surface area contributed by atoms with E-state index in [2.05, 4.69) is 43.0 Å². The minimum Gasteiger partial charge on any atom is -0.489 e. The van der Waals surface area contributed by atoms with Gasteiger partial charge in [0.2, 0.25) is 0 Å². The molecule has 0 aromatic heterocycles. The lowest BCUT2D eigenvalue weighted by Gasteiger charge is -2.38. The van der Waals surface area contributed by atoms with Gasteiger partial charge in [-0.05, 0) is 43.5 Å². The Morgan fingerprint density at radius 3 is 2.36 bits per heavy atom. The van der Waals surface area contributed by atoms with Crippen molar-refractivity contribution >= 4 is 29.9 Å². The number of carbonyl (C=O) groups excluding carboxylic acids is 3. The molecule has 2 heterocycles. The van der Waals surface area contributed by atoms with Crippen molar-refractivity contribution in [2.45, 2.75) is 70.9 Å². The van der Waals surface area contributed by atoms with Crippen molar-refractivity contribution in [2.75, 3.05) is 13.2 Å². The number of rotatable bonds is 6. The van der Waals surface area contributed by atoms with Crippen LogP contribution < -0.4 is 4.74 Å². The van der Waals surface area contributed by atoms with E-state index in [1.54, 1.807) is 11.0 Å². The van der Waals surface area contributed by atoms with E-state index in [9.17, 15) is 14.4 Å². The smallest absolute Gasteiger partial charge is 0.255 e. The molecule has 2 fully saturated rings. The summed E-state index contributed by atoms with van der Waals surface area (Å²) >= 11 is 0. The van der Waals surface area contributed by atoms with E-state index in [4.69, 9.17) is 9.47 Å². The topological polar surface area (TPSA) is 76.2 Å².